The van der Waals surface area contributed by atoms with Gasteiger partial charge in [0.15, 0.2) is 4.96 Å². The maximum atomic E-state index is 5.55. The zero-order chi connectivity index (χ0) is 11.7. The summed E-state index contributed by atoms with van der Waals surface area (Å²) in [6, 6.07) is 10.4. The van der Waals surface area contributed by atoms with E-state index >= 15 is 0 Å². The maximum Gasteiger partial charge on any atom is 0.194 e. The van der Waals surface area contributed by atoms with E-state index < -0.39 is 0 Å². The molecule has 3 rings (SSSR count). The second-order valence-electron chi connectivity index (χ2n) is 3.91. The Hall–Kier alpha value is -1.65. The van der Waals surface area contributed by atoms with Gasteiger partial charge in [-0.1, -0.05) is 30.3 Å². The molecule has 0 aliphatic rings. The molecule has 2 N–H and O–H groups in total. The van der Waals surface area contributed by atoms with Crippen LogP contribution in [0.5, 0.6) is 0 Å². The summed E-state index contributed by atoms with van der Waals surface area (Å²) in [5.74, 6) is 0. The molecule has 0 bridgehead atoms. The minimum atomic E-state index is 0.644. The van der Waals surface area contributed by atoms with Gasteiger partial charge in [0.1, 0.15) is 0 Å². The first-order valence-electron chi connectivity index (χ1n) is 5.59. The molecule has 0 saturated carbocycles. The number of aromatic nitrogens is 2. The number of fused-ring (bicyclic) bond motifs is 1. The first kappa shape index (κ1) is 10.5. The summed E-state index contributed by atoms with van der Waals surface area (Å²) in [7, 11) is 0. The van der Waals surface area contributed by atoms with E-state index in [9.17, 15) is 0 Å². The molecular formula is C13H13N3S. The van der Waals surface area contributed by atoms with Gasteiger partial charge in [-0.05, 0) is 12.1 Å². The van der Waals surface area contributed by atoms with Gasteiger partial charge < -0.3 is 5.73 Å². The molecule has 17 heavy (non-hydrogen) atoms. The predicted octanol–water partition coefficient (Wildman–Crippen LogP) is 2.56. The molecule has 0 fully saturated rings. The highest BCUT2D eigenvalue weighted by Crippen LogP contribution is 2.26. The topological polar surface area (TPSA) is 43.3 Å². The Bertz CT molecular complexity index is 624. The molecule has 0 amide bonds. The number of thiazole rings is 1. The second-order valence-corrected chi connectivity index (χ2v) is 4.75. The molecule has 3 aromatic rings. The largest absolute Gasteiger partial charge is 0.330 e. The first-order valence-corrected chi connectivity index (χ1v) is 6.47. The van der Waals surface area contributed by atoms with Crippen LogP contribution in [0.3, 0.4) is 0 Å². The van der Waals surface area contributed by atoms with E-state index in [1.54, 1.807) is 11.3 Å². The van der Waals surface area contributed by atoms with Gasteiger partial charge in [0, 0.05) is 18.0 Å². The van der Waals surface area contributed by atoms with Crippen molar-refractivity contribution < 1.29 is 0 Å². The molecule has 86 valence electrons. The molecule has 3 nitrogen and oxygen atoms in total. The molecule has 0 aliphatic heterocycles. The van der Waals surface area contributed by atoms with Gasteiger partial charge in [0.2, 0.25) is 0 Å². The van der Waals surface area contributed by atoms with Crippen LogP contribution in [0.15, 0.2) is 41.9 Å². The van der Waals surface area contributed by atoms with Crippen molar-refractivity contribution in [3.63, 3.8) is 0 Å². The van der Waals surface area contributed by atoms with Gasteiger partial charge in [-0.25, -0.2) is 4.98 Å². The van der Waals surface area contributed by atoms with E-state index in [0.29, 0.717) is 6.54 Å². The summed E-state index contributed by atoms with van der Waals surface area (Å²) in [4.78, 5) is 5.58. The number of nitrogens with two attached hydrogens (primary N) is 1. The minimum Gasteiger partial charge on any atom is -0.330 e. The standard InChI is InChI=1S/C13H13N3S/c14-7-6-11-8-16-12(9-17-13(16)15-11)10-4-2-1-3-5-10/h1-5,8-9H,6-7,14H2. The third kappa shape index (κ3) is 1.85. The zero-order valence-electron chi connectivity index (χ0n) is 9.34. The molecular weight excluding hydrogens is 230 g/mol. The summed E-state index contributed by atoms with van der Waals surface area (Å²) in [6.07, 6.45) is 2.92. The first-order chi connectivity index (χ1) is 8.38. The Balaban J connectivity index is 2.11. The maximum absolute atomic E-state index is 5.55. The van der Waals surface area contributed by atoms with Crippen LogP contribution >= 0.6 is 11.3 Å². The zero-order valence-corrected chi connectivity index (χ0v) is 10.2. The van der Waals surface area contributed by atoms with Crippen molar-refractivity contribution in [1.29, 1.82) is 0 Å². The molecule has 0 spiro atoms. The second kappa shape index (κ2) is 4.31. The van der Waals surface area contributed by atoms with Crippen molar-refractivity contribution in [1.82, 2.24) is 9.38 Å². The molecule has 0 aliphatic carbocycles. The highest BCUT2D eigenvalue weighted by molar-refractivity contribution is 7.15. The van der Waals surface area contributed by atoms with E-state index in [2.05, 4.69) is 45.2 Å². The fourth-order valence-corrected chi connectivity index (χ4v) is 2.82. The van der Waals surface area contributed by atoms with Crippen LogP contribution in [0.1, 0.15) is 5.69 Å². The molecule has 0 atom stereocenters. The van der Waals surface area contributed by atoms with Crippen LogP contribution in [0.25, 0.3) is 16.2 Å². The minimum absolute atomic E-state index is 0.644. The predicted molar refractivity (Wildman–Crippen MR) is 71.3 cm³/mol. The van der Waals surface area contributed by atoms with Crippen LogP contribution in [-0.4, -0.2) is 15.9 Å². The SMILES string of the molecule is NCCc1cn2c(-c3ccccc3)csc2n1. The summed E-state index contributed by atoms with van der Waals surface area (Å²) in [6.45, 7) is 0.644. The highest BCUT2D eigenvalue weighted by Gasteiger charge is 2.08. The van der Waals surface area contributed by atoms with Crippen molar-refractivity contribution in [3.8, 4) is 11.3 Å². The lowest BCUT2D eigenvalue weighted by molar-refractivity contribution is 0.937. The summed E-state index contributed by atoms with van der Waals surface area (Å²) in [5.41, 5.74) is 9.03. The van der Waals surface area contributed by atoms with Crippen LogP contribution in [0, 0.1) is 0 Å². The number of imidazole rings is 1. The molecule has 0 saturated heterocycles. The number of rotatable bonds is 3. The Morgan fingerprint density at radius 2 is 2.06 bits per heavy atom. The fraction of sp³-hybridized carbons (Fsp3) is 0.154. The van der Waals surface area contributed by atoms with Gasteiger partial charge in [-0.3, -0.25) is 4.40 Å². The lowest BCUT2D eigenvalue weighted by Crippen LogP contribution is -2.02. The van der Waals surface area contributed by atoms with E-state index in [0.717, 1.165) is 17.1 Å². The van der Waals surface area contributed by atoms with Crippen molar-refractivity contribution in [2.45, 2.75) is 6.42 Å². The molecule has 0 unspecified atom stereocenters. The van der Waals surface area contributed by atoms with Crippen LogP contribution in [-0.2, 0) is 6.42 Å². The molecule has 0 radical (unpaired) electrons. The van der Waals surface area contributed by atoms with Crippen LogP contribution in [0.4, 0.5) is 0 Å². The van der Waals surface area contributed by atoms with Crippen LogP contribution in [0.2, 0.25) is 0 Å². The average Bonchev–Trinajstić information content (AvgIpc) is 2.90. The summed E-state index contributed by atoms with van der Waals surface area (Å²) in [5, 5.41) is 2.14. The third-order valence-electron chi connectivity index (χ3n) is 2.73. The monoisotopic (exact) mass is 243 g/mol. The lowest BCUT2D eigenvalue weighted by Gasteiger charge is -1.98. The Kier molecular flexibility index (Phi) is 2.66. The molecule has 2 aromatic heterocycles. The van der Waals surface area contributed by atoms with Crippen molar-refractivity contribution >= 4 is 16.3 Å². The Morgan fingerprint density at radius 1 is 1.24 bits per heavy atom. The summed E-state index contributed by atoms with van der Waals surface area (Å²) < 4.78 is 2.14. The number of hydrogen-bond donors (Lipinski definition) is 1. The smallest absolute Gasteiger partial charge is 0.194 e. The number of hydrogen-bond acceptors (Lipinski definition) is 3. The Labute approximate surface area is 104 Å². The average molecular weight is 243 g/mol. The van der Waals surface area contributed by atoms with Crippen molar-refractivity contribution in [2.75, 3.05) is 6.54 Å². The molecule has 4 heteroatoms. The normalized spacial score (nSPS) is 11.1. The van der Waals surface area contributed by atoms with Gasteiger partial charge >= 0.3 is 0 Å². The number of benzene rings is 1. The fourth-order valence-electron chi connectivity index (χ4n) is 1.92. The van der Waals surface area contributed by atoms with Gasteiger partial charge in [0.05, 0.1) is 11.4 Å². The van der Waals surface area contributed by atoms with Gasteiger partial charge in [0.25, 0.3) is 0 Å². The van der Waals surface area contributed by atoms with Gasteiger partial charge in [-0.2, -0.15) is 0 Å². The molecule has 1 aromatic carbocycles. The van der Waals surface area contributed by atoms with E-state index in [-0.39, 0.29) is 0 Å². The highest BCUT2D eigenvalue weighted by atomic mass is 32.1. The Morgan fingerprint density at radius 3 is 2.82 bits per heavy atom. The van der Waals surface area contributed by atoms with E-state index in [4.69, 9.17) is 5.73 Å². The molecule has 2 heterocycles. The van der Waals surface area contributed by atoms with Crippen molar-refractivity contribution in [3.05, 3.63) is 47.6 Å². The lowest BCUT2D eigenvalue weighted by atomic mass is 10.2. The van der Waals surface area contributed by atoms with Crippen LogP contribution < -0.4 is 5.73 Å². The van der Waals surface area contributed by atoms with Crippen molar-refractivity contribution in [2.24, 2.45) is 5.73 Å². The number of nitrogens with zero attached hydrogens (tertiary/aromatic N) is 2. The van der Waals surface area contributed by atoms with Gasteiger partial charge in [-0.15, -0.1) is 11.3 Å². The van der Waals surface area contributed by atoms with E-state index in [1.165, 1.54) is 11.3 Å². The third-order valence-corrected chi connectivity index (χ3v) is 3.57. The summed E-state index contributed by atoms with van der Waals surface area (Å²) >= 11 is 1.67. The quantitative estimate of drug-likeness (QED) is 0.768. The van der Waals surface area contributed by atoms with E-state index in [1.807, 2.05) is 6.07 Å².